The zero-order valence-electron chi connectivity index (χ0n) is 10.1. The van der Waals surface area contributed by atoms with E-state index >= 15 is 0 Å². The van der Waals surface area contributed by atoms with Crippen LogP contribution in [-0.4, -0.2) is 50.8 Å². The van der Waals surface area contributed by atoms with E-state index in [1.807, 2.05) is 6.92 Å². The van der Waals surface area contributed by atoms with Crippen molar-refractivity contribution in [1.29, 1.82) is 0 Å². The second-order valence-corrected chi connectivity index (χ2v) is 4.93. The molecule has 0 bridgehead atoms. The lowest BCUT2D eigenvalue weighted by Crippen LogP contribution is -2.53. The van der Waals surface area contributed by atoms with Crippen molar-refractivity contribution >= 4 is 28.3 Å². The summed E-state index contributed by atoms with van der Waals surface area (Å²) in [5, 5.41) is 4.34. The third-order valence-corrected chi connectivity index (χ3v) is 3.37. The lowest BCUT2D eigenvalue weighted by molar-refractivity contribution is -0.150. The summed E-state index contributed by atoms with van der Waals surface area (Å²) in [7, 11) is 0. The number of piperazine rings is 1. The highest BCUT2D eigenvalue weighted by Crippen LogP contribution is 2.16. The molecule has 1 aliphatic heterocycles. The van der Waals surface area contributed by atoms with Gasteiger partial charge in [-0.2, -0.15) is 0 Å². The number of amides is 2. The van der Waals surface area contributed by atoms with Crippen LogP contribution in [0.15, 0.2) is 0 Å². The summed E-state index contributed by atoms with van der Waals surface area (Å²) in [6.07, 6.45) is 0.849. The Balaban J connectivity index is 2.02. The van der Waals surface area contributed by atoms with Gasteiger partial charge in [0, 0.05) is 18.1 Å². The van der Waals surface area contributed by atoms with Gasteiger partial charge in [-0.3, -0.25) is 9.59 Å². The zero-order chi connectivity index (χ0) is 13.1. The Morgan fingerprint density at radius 1 is 1.28 bits per heavy atom. The quantitative estimate of drug-likeness (QED) is 0.810. The molecule has 18 heavy (non-hydrogen) atoms. The van der Waals surface area contributed by atoms with Crippen molar-refractivity contribution < 1.29 is 9.59 Å². The van der Waals surface area contributed by atoms with Gasteiger partial charge in [-0.05, 0) is 6.42 Å². The molecule has 2 heterocycles. The highest BCUT2D eigenvalue weighted by molar-refractivity contribution is 7.09. The SMILES string of the molecule is CCCN1CC(=O)N(Cc2nnsc2N)CC1=O. The number of hydrogen-bond acceptors (Lipinski definition) is 6. The molecular weight excluding hydrogens is 254 g/mol. The fourth-order valence-corrected chi connectivity index (χ4v) is 2.26. The molecule has 2 N–H and O–H groups in total. The number of carbonyl (C=O) groups is 2. The summed E-state index contributed by atoms with van der Waals surface area (Å²) in [5.74, 6) is -0.103. The van der Waals surface area contributed by atoms with Gasteiger partial charge in [0.25, 0.3) is 0 Å². The molecule has 1 aliphatic rings. The van der Waals surface area contributed by atoms with E-state index in [9.17, 15) is 9.59 Å². The Hall–Kier alpha value is -1.70. The van der Waals surface area contributed by atoms with Crippen LogP contribution in [0.25, 0.3) is 0 Å². The lowest BCUT2D eigenvalue weighted by atomic mass is 10.2. The summed E-state index contributed by atoms with van der Waals surface area (Å²) in [5.41, 5.74) is 6.23. The van der Waals surface area contributed by atoms with Crippen LogP contribution >= 0.6 is 11.5 Å². The molecule has 0 saturated carbocycles. The first kappa shape index (κ1) is 12.7. The van der Waals surface area contributed by atoms with Crippen molar-refractivity contribution in [3.05, 3.63) is 5.69 Å². The average Bonchev–Trinajstić information content (AvgIpc) is 2.72. The van der Waals surface area contributed by atoms with E-state index in [2.05, 4.69) is 9.59 Å². The fraction of sp³-hybridized carbons (Fsp3) is 0.600. The second kappa shape index (κ2) is 5.30. The molecule has 8 heteroatoms. The number of nitrogens with two attached hydrogens (primary N) is 1. The number of nitrogen functional groups attached to an aromatic ring is 1. The van der Waals surface area contributed by atoms with Crippen LogP contribution in [0.5, 0.6) is 0 Å². The Bertz CT molecular complexity index is 461. The summed E-state index contributed by atoms with van der Waals surface area (Å²) < 4.78 is 3.71. The standard InChI is InChI=1S/C10H15N5O2S/c1-2-3-14-5-9(17)15(6-8(14)16)4-7-10(11)18-13-12-7/h2-6,11H2,1H3. The molecule has 0 radical (unpaired) electrons. The molecule has 0 atom stereocenters. The molecule has 2 rings (SSSR count). The Morgan fingerprint density at radius 3 is 2.56 bits per heavy atom. The molecule has 98 valence electrons. The Labute approximate surface area is 109 Å². The highest BCUT2D eigenvalue weighted by atomic mass is 32.1. The van der Waals surface area contributed by atoms with Crippen molar-refractivity contribution in [2.24, 2.45) is 0 Å². The molecule has 1 saturated heterocycles. The van der Waals surface area contributed by atoms with Crippen LogP contribution in [0.3, 0.4) is 0 Å². The molecule has 1 fully saturated rings. The number of hydrogen-bond donors (Lipinski definition) is 1. The summed E-state index contributed by atoms with van der Waals surface area (Å²) in [6.45, 7) is 3.09. The van der Waals surface area contributed by atoms with Crippen molar-refractivity contribution in [2.45, 2.75) is 19.9 Å². The van der Waals surface area contributed by atoms with Gasteiger partial charge in [0.05, 0.1) is 13.1 Å². The minimum Gasteiger partial charge on any atom is -0.388 e. The molecule has 7 nitrogen and oxygen atoms in total. The zero-order valence-corrected chi connectivity index (χ0v) is 10.9. The largest absolute Gasteiger partial charge is 0.388 e. The van der Waals surface area contributed by atoms with E-state index in [4.69, 9.17) is 5.73 Å². The Kier molecular flexibility index (Phi) is 3.75. The van der Waals surface area contributed by atoms with E-state index in [-0.39, 0.29) is 31.4 Å². The van der Waals surface area contributed by atoms with Gasteiger partial charge >= 0.3 is 0 Å². The number of rotatable bonds is 4. The number of nitrogens with zero attached hydrogens (tertiary/aromatic N) is 4. The van der Waals surface area contributed by atoms with Crippen molar-refractivity contribution in [2.75, 3.05) is 25.4 Å². The summed E-state index contributed by atoms with van der Waals surface area (Å²) in [4.78, 5) is 26.8. The molecule has 0 spiro atoms. The smallest absolute Gasteiger partial charge is 0.243 e. The van der Waals surface area contributed by atoms with Crippen molar-refractivity contribution in [1.82, 2.24) is 19.4 Å². The summed E-state index contributed by atoms with van der Waals surface area (Å²) >= 11 is 1.09. The maximum Gasteiger partial charge on any atom is 0.243 e. The third-order valence-electron chi connectivity index (χ3n) is 2.78. The first-order chi connectivity index (χ1) is 8.61. The van der Waals surface area contributed by atoms with Gasteiger partial charge in [0.15, 0.2) is 0 Å². The van der Waals surface area contributed by atoms with Gasteiger partial charge in [0.2, 0.25) is 11.8 Å². The number of carbonyl (C=O) groups excluding carboxylic acids is 2. The summed E-state index contributed by atoms with van der Waals surface area (Å²) in [6, 6.07) is 0. The maximum atomic E-state index is 11.9. The minimum atomic E-state index is -0.0737. The van der Waals surface area contributed by atoms with E-state index in [0.717, 1.165) is 18.0 Å². The predicted molar refractivity (Wildman–Crippen MR) is 66.6 cm³/mol. The lowest BCUT2D eigenvalue weighted by Gasteiger charge is -2.33. The van der Waals surface area contributed by atoms with E-state index in [1.54, 1.807) is 4.90 Å². The van der Waals surface area contributed by atoms with Gasteiger partial charge in [-0.15, -0.1) is 5.10 Å². The fourth-order valence-electron chi connectivity index (χ4n) is 1.83. The second-order valence-electron chi connectivity index (χ2n) is 4.15. The normalized spacial score (nSPS) is 16.5. The van der Waals surface area contributed by atoms with Crippen LogP contribution < -0.4 is 5.73 Å². The monoisotopic (exact) mass is 269 g/mol. The topological polar surface area (TPSA) is 92.4 Å². The number of aromatic nitrogens is 2. The van der Waals surface area contributed by atoms with Crippen LogP contribution in [0.4, 0.5) is 5.00 Å². The molecule has 0 aromatic carbocycles. The molecule has 2 amide bonds. The predicted octanol–water partition coefficient (Wildman–Crippen LogP) is -0.299. The van der Waals surface area contributed by atoms with Crippen LogP contribution in [-0.2, 0) is 16.1 Å². The van der Waals surface area contributed by atoms with E-state index in [1.165, 1.54) is 4.90 Å². The first-order valence-corrected chi connectivity index (χ1v) is 6.51. The van der Waals surface area contributed by atoms with Crippen LogP contribution in [0.2, 0.25) is 0 Å². The number of anilines is 1. The van der Waals surface area contributed by atoms with Crippen molar-refractivity contribution in [3.8, 4) is 0 Å². The van der Waals surface area contributed by atoms with Gasteiger partial charge in [-0.1, -0.05) is 11.4 Å². The van der Waals surface area contributed by atoms with Crippen LogP contribution in [0.1, 0.15) is 19.0 Å². The maximum absolute atomic E-state index is 11.9. The third kappa shape index (κ3) is 2.58. The van der Waals surface area contributed by atoms with E-state index in [0.29, 0.717) is 17.2 Å². The van der Waals surface area contributed by atoms with Crippen LogP contribution in [0, 0.1) is 0 Å². The molecule has 0 aliphatic carbocycles. The first-order valence-electron chi connectivity index (χ1n) is 5.74. The highest BCUT2D eigenvalue weighted by Gasteiger charge is 2.30. The molecule has 1 aromatic heterocycles. The Morgan fingerprint density at radius 2 is 1.94 bits per heavy atom. The van der Waals surface area contributed by atoms with Gasteiger partial charge in [-0.25, -0.2) is 0 Å². The minimum absolute atomic E-state index is 0.0294. The molecular formula is C10H15N5O2S. The van der Waals surface area contributed by atoms with E-state index < -0.39 is 0 Å². The van der Waals surface area contributed by atoms with Crippen molar-refractivity contribution in [3.63, 3.8) is 0 Å². The molecule has 0 unspecified atom stereocenters. The van der Waals surface area contributed by atoms with Gasteiger partial charge in [0.1, 0.15) is 17.2 Å². The molecule has 1 aromatic rings. The average molecular weight is 269 g/mol. The van der Waals surface area contributed by atoms with Gasteiger partial charge < -0.3 is 15.5 Å².